The van der Waals surface area contributed by atoms with Crippen molar-refractivity contribution in [1.82, 2.24) is 5.32 Å². The van der Waals surface area contributed by atoms with Gasteiger partial charge in [-0.15, -0.1) is 11.8 Å². The van der Waals surface area contributed by atoms with Crippen LogP contribution in [0.3, 0.4) is 0 Å². The van der Waals surface area contributed by atoms with E-state index in [1.54, 1.807) is 0 Å². The number of hydrogen-bond donors (Lipinski definition) is 1. The van der Waals surface area contributed by atoms with E-state index in [1.165, 1.54) is 17.8 Å². The van der Waals surface area contributed by atoms with Gasteiger partial charge < -0.3 is 10.1 Å². The van der Waals surface area contributed by atoms with Gasteiger partial charge in [0.05, 0.1) is 12.5 Å². The minimum Gasteiger partial charge on any atom is -0.456 e. The maximum Gasteiger partial charge on any atom is 0.307 e. The molecule has 7 heteroatoms. The summed E-state index contributed by atoms with van der Waals surface area (Å²) in [5.41, 5.74) is 0.954. The molecule has 0 bridgehead atoms. The van der Waals surface area contributed by atoms with E-state index in [9.17, 15) is 18.4 Å². The van der Waals surface area contributed by atoms with E-state index in [-0.39, 0.29) is 25.0 Å². The van der Waals surface area contributed by atoms with Crippen molar-refractivity contribution in [3.05, 3.63) is 65.7 Å². The number of nitrogens with one attached hydrogen (secondary N) is 1. The number of hydrogen-bond acceptors (Lipinski definition) is 4. The summed E-state index contributed by atoms with van der Waals surface area (Å²) in [6.07, 6.45) is 0.0607. The first-order valence-electron chi connectivity index (χ1n) is 8.03. The van der Waals surface area contributed by atoms with Crippen LogP contribution >= 0.6 is 11.8 Å². The van der Waals surface area contributed by atoms with Gasteiger partial charge in [0.2, 0.25) is 0 Å². The number of amides is 1. The van der Waals surface area contributed by atoms with E-state index in [1.807, 2.05) is 37.3 Å². The third kappa shape index (κ3) is 6.48. The number of esters is 1. The highest BCUT2D eigenvalue weighted by molar-refractivity contribution is 7.99. The molecule has 2 aromatic carbocycles. The predicted octanol–water partition coefficient (Wildman–Crippen LogP) is 3.87. The van der Waals surface area contributed by atoms with Crippen molar-refractivity contribution < 1.29 is 23.1 Å². The lowest BCUT2D eigenvalue weighted by molar-refractivity contribution is -0.148. The van der Waals surface area contributed by atoms with E-state index in [4.69, 9.17) is 4.74 Å². The molecule has 4 nitrogen and oxygen atoms in total. The second-order valence-corrected chi connectivity index (χ2v) is 6.70. The Morgan fingerprint density at radius 2 is 1.85 bits per heavy atom. The molecule has 138 valence electrons. The van der Waals surface area contributed by atoms with E-state index in [0.717, 1.165) is 17.7 Å². The highest BCUT2D eigenvalue weighted by atomic mass is 32.2. The standard InChI is InChI=1S/C19H19F2NO3S/c1-13(14-5-3-2-4-6-14)22-18(23)12-25-19(24)9-10-26-15-7-8-16(20)17(21)11-15/h2-8,11,13H,9-10,12H2,1H3,(H,22,23)/t13-/m1/s1. The zero-order valence-electron chi connectivity index (χ0n) is 14.2. The van der Waals surface area contributed by atoms with Gasteiger partial charge in [0.15, 0.2) is 18.2 Å². The van der Waals surface area contributed by atoms with Crippen LogP contribution in [0, 0.1) is 11.6 Å². The maximum atomic E-state index is 13.1. The first kappa shape index (κ1) is 19.9. The van der Waals surface area contributed by atoms with Gasteiger partial charge in [-0.2, -0.15) is 0 Å². The zero-order chi connectivity index (χ0) is 18.9. The molecule has 2 rings (SSSR count). The third-order valence-electron chi connectivity index (χ3n) is 3.51. The summed E-state index contributed by atoms with van der Waals surface area (Å²) in [5, 5.41) is 2.75. The molecule has 0 unspecified atom stereocenters. The summed E-state index contributed by atoms with van der Waals surface area (Å²) < 4.78 is 30.8. The maximum absolute atomic E-state index is 13.1. The van der Waals surface area contributed by atoms with Crippen molar-refractivity contribution in [3.8, 4) is 0 Å². The van der Waals surface area contributed by atoms with E-state index in [0.29, 0.717) is 10.6 Å². The Hall–Kier alpha value is -2.41. The van der Waals surface area contributed by atoms with Crippen molar-refractivity contribution in [2.45, 2.75) is 24.3 Å². The normalized spacial score (nSPS) is 11.7. The smallest absolute Gasteiger partial charge is 0.307 e. The van der Waals surface area contributed by atoms with Gasteiger partial charge in [0, 0.05) is 10.6 Å². The molecule has 1 N–H and O–H groups in total. The Kier molecular flexibility index (Phi) is 7.59. The average Bonchev–Trinajstić information content (AvgIpc) is 2.63. The predicted molar refractivity (Wildman–Crippen MR) is 95.7 cm³/mol. The fourth-order valence-electron chi connectivity index (χ4n) is 2.15. The van der Waals surface area contributed by atoms with Gasteiger partial charge >= 0.3 is 5.97 Å². The lowest BCUT2D eigenvalue weighted by Gasteiger charge is -2.14. The zero-order valence-corrected chi connectivity index (χ0v) is 15.0. The van der Waals surface area contributed by atoms with Gasteiger partial charge in [-0.1, -0.05) is 30.3 Å². The van der Waals surface area contributed by atoms with Crippen LogP contribution in [0.25, 0.3) is 0 Å². The van der Waals surface area contributed by atoms with Crippen LogP contribution in [0.5, 0.6) is 0 Å². The molecule has 1 amide bonds. The third-order valence-corrected chi connectivity index (χ3v) is 4.50. The lowest BCUT2D eigenvalue weighted by atomic mass is 10.1. The molecule has 0 aliphatic carbocycles. The van der Waals surface area contributed by atoms with E-state index >= 15 is 0 Å². The monoisotopic (exact) mass is 379 g/mol. The van der Waals surface area contributed by atoms with Gasteiger partial charge in [-0.25, -0.2) is 8.78 Å². The molecule has 0 saturated heterocycles. The van der Waals surface area contributed by atoms with Crippen molar-refractivity contribution in [1.29, 1.82) is 0 Å². The topological polar surface area (TPSA) is 55.4 Å². The van der Waals surface area contributed by atoms with Crippen LogP contribution in [0.1, 0.15) is 24.9 Å². The van der Waals surface area contributed by atoms with Gasteiger partial charge in [0.1, 0.15) is 0 Å². The number of benzene rings is 2. The number of ether oxygens (including phenoxy) is 1. The second kappa shape index (κ2) is 9.91. The summed E-state index contributed by atoms with van der Waals surface area (Å²) in [7, 11) is 0. The van der Waals surface area contributed by atoms with E-state index in [2.05, 4.69) is 5.32 Å². The summed E-state index contributed by atoms with van der Waals surface area (Å²) in [4.78, 5) is 24.0. The highest BCUT2D eigenvalue weighted by Crippen LogP contribution is 2.21. The van der Waals surface area contributed by atoms with E-state index < -0.39 is 17.6 Å². The number of halogens is 2. The minimum absolute atomic E-state index is 0.0607. The molecule has 0 aliphatic rings. The van der Waals surface area contributed by atoms with Crippen LogP contribution < -0.4 is 5.32 Å². The first-order valence-corrected chi connectivity index (χ1v) is 9.02. The molecule has 0 heterocycles. The number of carbonyl (C=O) groups excluding carboxylic acids is 2. The van der Waals surface area contributed by atoms with Gasteiger partial charge in [-0.3, -0.25) is 9.59 Å². The summed E-state index contributed by atoms with van der Waals surface area (Å²) in [6, 6.07) is 12.8. The molecule has 0 saturated carbocycles. The van der Waals surface area contributed by atoms with Crippen molar-refractivity contribution in [2.24, 2.45) is 0 Å². The Morgan fingerprint density at radius 3 is 2.54 bits per heavy atom. The lowest BCUT2D eigenvalue weighted by Crippen LogP contribution is -2.31. The van der Waals surface area contributed by atoms with Crippen LogP contribution in [-0.4, -0.2) is 24.2 Å². The number of thioether (sulfide) groups is 1. The van der Waals surface area contributed by atoms with Crippen LogP contribution in [0.4, 0.5) is 8.78 Å². The molecule has 0 aromatic heterocycles. The highest BCUT2D eigenvalue weighted by Gasteiger charge is 2.12. The molecule has 0 aliphatic heterocycles. The molecule has 0 spiro atoms. The molecule has 26 heavy (non-hydrogen) atoms. The molecule has 1 atom stereocenters. The number of carbonyl (C=O) groups is 2. The molecular weight excluding hydrogens is 360 g/mol. The van der Waals surface area contributed by atoms with Gasteiger partial charge in [-0.05, 0) is 30.7 Å². The fourth-order valence-corrected chi connectivity index (χ4v) is 3.00. The molecule has 0 radical (unpaired) electrons. The van der Waals surface area contributed by atoms with Crippen LogP contribution in [0.2, 0.25) is 0 Å². The Labute approximate surface area is 154 Å². The van der Waals surface area contributed by atoms with Crippen molar-refractivity contribution in [3.63, 3.8) is 0 Å². The summed E-state index contributed by atoms with van der Waals surface area (Å²) >= 11 is 1.21. The molecule has 0 fully saturated rings. The molecule has 2 aromatic rings. The first-order chi connectivity index (χ1) is 12.5. The quantitative estimate of drug-likeness (QED) is 0.559. The minimum atomic E-state index is -0.929. The Morgan fingerprint density at radius 1 is 1.12 bits per heavy atom. The second-order valence-electron chi connectivity index (χ2n) is 5.53. The van der Waals surface area contributed by atoms with Crippen molar-refractivity contribution >= 4 is 23.6 Å². The SMILES string of the molecule is C[C@@H](NC(=O)COC(=O)CCSc1ccc(F)c(F)c1)c1ccccc1. The van der Waals surface area contributed by atoms with Gasteiger partial charge in [0.25, 0.3) is 5.91 Å². The Bertz CT molecular complexity index is 756. The van der Waals surface area contributed by atoms with Crippen LogP contribution in [0.15, 0.2) is 53.4 Å². The fraction of sp³-hybridized carbons (Fsp3) is 0.263. The molecular formula is C19H19F2NO3S. The summed E-state index contributed by atoms with van der Waals surface area (Å²) in [5.74, 6) is -2.41. The Balaban J connectivity index is 1.66. The van der Waals surface area contributed by atoms with Crippen LogP contribution in [-0.2, 0) is 14.3 Å². The average molecular weight is 379 g/mol. The van der Waals surface area contributed by atoms with Crippen molar-refractivity contribution in [2.75, 3.05) is 12.4 Å². The summed E-state index contributed by atoms with van der Waals surface area (Å²) in [6.45, 7) is 1.49. The number of rotatable bonds is 8. The largest absolute Gasteiger partial charge is 0.456 e.